The first kappa shape index (κ1) is 25.8. The number of ether oxygens (including phenoxy) is 2. The second-order valence-corrected chi connectivity index (χ2v) is 8.69. The summed E-state index contributed by atoms with van der Waals surface area (Å²) in [5.74, 6) is -0.659. The summed E-state index contributed by atoms with van der Waals surface area (Å²) >= 11 is 5.33. The van der Waals surface area contributed by atoms with Crippen LogP contribution in [0.3, 0.4) is 0 Å². The highest BCUT2D eigenvalue weighted by molar-refractivity contribution is 7.85. The van der Waals surface area contributed by atoms with E-state index in [1.807, 2.05) is 0 Å². The SMILES string of the molecule is Nc1nc2c(ncn2[C@@H]2O[C@H](COS(=O)(=O)NC(=O)OCCCC(=O)CCl)[C@@H](O)[C@H]2O)c(=O)[nH]1. The molecule has 6 N–H and O–H groups in total. The van der Waals surface area contributed by atoms with Crippen molar-refractivity contribution in [3.63, 3.8) is 0 Å². The quantitative estimate of drug-likeness (QED) is 0.165. The maximum atomic E-state index is 12.0. The summed E-state index contributed by atoms with van der Waals surface area (Å²) in [4.78, 5) is 44.6. The molecule has 0 unspecified atom stereocenters. The van der Waals surface area contributed by atoms with E-state index < -0.39 is 53.1 Å². The summed E-state index contributed by atoms with van der Waals surface area (Å²) in [7, 11) is -4.66. The number of Topliss-reactive ketones (excluding diaryl/α,β-unsaturated/α-hetero) is 1. The zero-order chi connectivity index (χ0) is 25.0. The average Bonchev–Trinajstić information content (AvgIpc) is 3.30. The molecular weight excluding hydrogens is 504 g/mol. The van der Waals surface area contributed by atoms with Gasteiger partial charge in [-0.05, 0) is 6.42 Å². The van der Waals surface area contributed by atoms with Crippen LogP contribution < -0.4 is 16.0 Å². The number of hydrogen-bond acceptors (Lipinski definition) is 13. The minimum atomic E-state index is -4.66. The number of hydrogen-bond donors (Lipinski definition) is 5. The molecule has 1 fully saturated rings. The maximum Gasteiger partial charge on any atom is 0.422 e. The van der Waals surface area contributed by atoms with Gasteiger partial charge >= 0.3 is 16.4 Å². The van der Waals surface area contributed by atoms with Crippen molar-refractivity contribution in [1.82, 2.24) is 24.2 Å². The number of aromatic nitrogens is 4. The van der Waals surface area contributed by atoms with Gasteiger partial charge in [-0.1, -0.05) is 0 Å². The lowest BCUT2D eigenvalue weighted by Crippen LogP contribution is -2.38. The van der Waals surface area contributed by atoms with Gasteiger partial charge in [0, 0.05) is 6.42 Å². The number of aliphatic hydroxyl groups is 2. The molecule has 3 heterocycles. The molecular formula is C16H21ClN6O10S. The molecule has 4 atom stereocenters. The average molecular weight is 525 g/mol. The maximum absolute atomic E-state index is 12.0. The Kier molecular flexibility index (Phi) is 8.05. The molecule has 0 aliphatic carbocycles. The third-order valence-electron chi connectivity index (χ3n) is 4.64. The zero-order valence-electron chi connectivity index (χ0n) is 17.3. The number of imidazole rings is 1. The summed E-state index contributed by atoms with van der Waals surface area (Å²) < 4.78 is 41.3. The van der Waals surface area contributed by atoms with E-state index in [4.69, 9.17) is 22.1 Å². The number of rotatable bonds is 10. The molecule has 34 heavy (non-hydrogen) atoms. The van der Waals surface area contributed by atoms with Crippen molar-refractivity contribution in [1.29, 1.82) is 0 Å². The highest BCUT2D eigenvalue weighted by atomic mass is 35.5. The normalized spacial score (nSPS) is 22.7. The molecule has 0 radical (unpaired) electrons. The van der Waals surface area contributed by atoms with Crippen LogP contribution in [0.5, 0.6) is 0 Å². The predicted molar refractivity (Wildman–Crippen MR) is 113 cm³/mol. The van der Waals surface area contributed by atoms with Crippen LogP contribution >= 0.6 is 11.6 Å². The van der Waals surface area contributed by atoms with Crippen molar-refractivity contribution in [2.24, 2.45) is 0 Å². The molecule has 2 aromatic rings. The number of halogens is 1. The van der Waals surface area contributed by atoms with Gasteiger partial charge < -0.3 is 25.4 Å². The van der Waals surface area contributed by atoms with Gasteiger partial charge in [0.05, 0.1) is 25.4 Å². The van der Waals surface area contributed by atoms with E-state index in [1.54, 1.807) is 0 Å². The van der Waals surface area contributed by atoms with Crippen LogP contribution in [0.4, 0.5) is 10.7 Å². The molecule has 0 bridgehead atoms. The van der Waals surface area contributed by atoms with Gasteiger partial charge in [0.1, 0.15) is 24.1 Å². The fourth-order valence-electron chi connectivity index (χ4n) is 3.04. The molecule has 0 spiro atoms. The summed E-state index contributed by atoms with van der Waals surface area (Å²) in [6.07, 6.45) is -5.86. The van der Waals surface area contributed by atoms with Crippen molar-refractivity contribution >= 4 is 50.9 Å². The summed E-state index contributed by atoms with van der Waals surface area (Å²) in [6, 6.07) is 0. The second kappa shape index (κ2) is 10.6. The summed E-state index contributed by atoms with van der Waals surface area (Å²) in [6.45, 7) is -1.02. The smallest absolute Gasteiger partial charge is 0.422 e. The van der Waals surface area contributed by atoms with E-state index in [-0.39, 0.29) is 48.2 Å². The monoisotopic (exact) mass is 524 g/mol. The van der Waals surface area contributed by atoms with Crippen LogP contribution in [0.2, 0.25) is 0 Å². The standard InChI is InChI=1S/C16H21ClN6O10S/c17-4-7(24)2-1-3-31-16(28)22-34(29,30)32-5-8-10(25)11(26)14(33-8)23-6-19-9-12(23)20-15(18)21-13(9)27/h6,8,10-11,14,25-26H,1-5H2,(H,22,28)(H3,18,20,21,27)/t8-,10-,11-,14-/m1/s1. The largest absolute Gasteiger partial charge is 0.449 e. The topological polar surface area (TPSA) is 238 Å². The van der Waals surface area contributed by atoms with E-state index in [0.29, 0.717) is 0 Å². The van der Waals surface area contributed by atoms with E-state index in [1.165, 1.54) is 4.72 Å². The number of alkyl halides is 1. The Morgan fingerprint density at radius 1 is 1.35 bits per heavy atom. The molecule has 188 valence electrons. The molecule has 3 rings (SSSR count). The predicted octanol–water partition coefficient (Wildman–Crippen LogP) is -2.10. The van der Waals surface area contributed by atoms with Gasteiger partial charge in [0.15, 0.2) is 17.4 Å². The van der Waals surface area contributed by atoms with Gasteiger partial charge in [0.25, 0.3) is 5.56 Å². The molecule has 1 aliphatic rings. The minimum Gasteiger partial charge on any atom is -0.449 e. The third kappa shape index (κ3) is 5.99. The van der Waals surface area contributed by atoms with Gasteiger partial charge in [0.2, 0.25) is 5.95 Å². The Labute approximate surface area is 196 Å². The number of amides is 1. The molecule has 2 aromatic heterocycles. The van der Waals surface area contributed by atoms with Crippen molar-refractivity contribution in [3.8, 4) is 0 Å². The lowest BCUT2D eigenvalue weighted by Gasteiger charge is -2.16. The molecule has 1 saturated heterocycles. The van der Waals surface area contributed by atoms with Crippen molar-refractivity contribution in [2.45, 2.75) is 37.4 Å². The number of carbonyl (C=O) groups is 2. The highest BCUT2D eigenvalue weighted by Gasteiger charge is 2.45. The van der Waals surface area contributed by atoms with Gasteiger partial charge in [-0.3, -0.25) is 23.3 Å². The fraction of sp³-hybridized carbons (Fsp3) is 0.562. The Bertz CT molecular complexity index is 1220. The molecule has 1 amide bonds. The van der Waals surface area contributed by atoms with E-state index >= 15 is 0 Å². The van der Waals surface area contributed by atoms with E-state index in [0.717, 1.165) is 10.9 Å². The first-order valence-electron chi connectivity index (χ1n) is 9.68. The number of nitrogens with two attached hydrogens (primary N) is 1. The Hall–Kier alpha value is -2.83. The Morgan fingerprint density at radius 2 is 2.09 bits per heavy atom. The van der Waals surface area contributed by atoms with Crippen LogP contribution in [0.25, 0.3) is 11.2 Å². The second-order valence-electron chi connectivity index (χ2n) is 7.07. The molecule has 0 saturated carbocycles. The number of fused-ring (bicyclic) bond motifs is 1. The van der Waals surface area contributed by atoms with Crippen LogP contribution in [0.1, 0.15) is 19.1 Å². The van der Waals surface area contributed by atoms with Gasteiger partial charge in [-0.15, -0.1) is 11.6 Å². The third-order valence-corrected chi connectivity index (χ3v) is 5.80. The Balaban J connectivity index is 1.57. The van der Waals surface area contributed by atoms with E-state index in [2.05, 4.69) is 23.9 Å². The molecule has 16 nitrogen and oxygen atoms in total. The highest BCUT2D eigenvalue weighted by Crippen LogP contribution is 2.31. The number of aliphatic hydroxyl groups excluding tert-OH is 2. The Morgan fingerprint density at radius 3 is 2.79 bits per heavy atom. The fourth-order valence-corrected chi connectivity index (χ4v) is 3.81. The number of nitrogens with one attached hydrogen (secondary N) is 2. The first-order valence-corrected chi connectivity index (χ1v) is 11.6. The molecule has 0 aromatic carbocycles. The van der Waals surface area contributed by atoms with Crippen molar-refractivity contribution < 1.29 is 41.9 Å². The number of nitrogens with zero attached hydrogens (tertiary/aromatic N) is 3. The lowest BCUT2D eigenvalue weighted by molar-refractivity contribution is -0.117. The number of aromatic amines is 1. The number of carbonyl (C=O) groups excluding carboxylic acids is 2. The number of nitrogen functional groups attached to an aromatic ring is 1. The number of ketones is 1. The van der Waals surface area contributed by atoms with Crippen LogP contribution in [-0.4, -0.2) is 87.4 Å². The van der Waals surface area contributed by atoms with Gasteiger partial charge in [-0.25, -0.2) is 9.78 Å². The first-order chi connectivity index (χ1) is 16.0. The summed E-state index contributed by atoms with van der Waals surface area (Å²) in [5, 5.41) is 20.6. The minimum absolute atomic E-state index is 0.0381. The van der Waals surface area contributed by atoms with Crippen molar-refractivity contribution in [3.05, 3.63) is 16.7 Å². The zero-order valence-corrected chi connectivity index (χ0v) is 18.9. The summed E-state index contributed by atoms with van der Waals surface area (Å²) in [5.41, 5.74) is 4.75. The molecule has 18 heteroatoms. The lowest BCUT2D eigenvalue weighted by atomic mass is 10.1. The number of anilines is 1. The van der Waals surface area contributed by atoms with Gasteiger partial charge in [-0.2, -0.15) is 18.1 Å². The number of H-pyrrole nitrogens is 1. The van der Waals surface area contributed by atoms with Crippen LogP contribution in [0.15, 0.2) is 11.1 Å². The molecule has 1 aliphatic heterocycles. The van der Waals surface area contributed by atoms with Crippen LogP contribution in [-0.2, 0) is 28.8 Å². The van der Waals surface area contributed by atoms with E-state index in [9.17, 15) is 33.0 Å². The van der Waals surface area contributed by atoms with Crippen molar-refractivity contribution in [2.75, 3.05) is 24.8 Å². The van der Waals surface area contributed by atoms with Crippen LogP contribution in [0, 0.1) is 0 Å².